The quantitative estimate of drug-likeness (QED) is 0.582. The highest BCUT2D eigenvalue weighted by atomic mass is 35.5. The summed E-state index contributed by atoms with van der Waals surface area (Å²) >= 11 is 5.82. The second kappa shape index (κ2) is 7.85. The lowest BCUT2D eigenvalue weighted by molar-refractivity contribution is -0.121. The molecule has 0 saturated carbocycles. The van der Waals surface area contributed by atoms with Gasteiger partial charge < -0.3 is 5.11 Å². The highest BCUT2D eigenvalue weighted by Gasteiger charge is 2.15. The normalized spacial score (nSPS) is 10.9. The van der Waals surface area contributed by atoms with E-state index in [1.807, 2.05) is 26.8 Å². The first-order valence-electron chi connectivity index (χ1n) is 8.66. The highest BCUT2D eigenvalue weighted by molar-refractivity contribution is 6.31. The fourth-order valence-corrected chi connectivity index (χ4v) is 3.16. The van der Waals surface area contributed by atoms with Crippen LogP contribution in [0.5, 0.6) is 5.75 Å². The van der Waals surface area contributed by atoms with Crippen LogP contribution in [0, 0.1) is 20.8 Å². The third kappa shape index (κ3) is 4.07. The summed E-state index contributed by atoms with van der Waals surface area (Å²) in [5, 5.41) is 14.4. The lowest BCUT2D eigenvalue weighted by atomic mass is 10.1. The van der Waals surface area contributed by atoms with E-state index >= 15 is 0 Å². The summed E-state index contributed by atoms with van der Waals surface area (Å²) < 4.78 is 1.76. The molecule has 0 spiro atoms. The summed E-state index contributed by atoms with van der Waals surface area (Å²) in [5.74, 6) is -1.25. The van der Waals surface area contributed by atoms with E-state index in [2.05, 4.69) is 20.9 Å². The Kier molecular flexibility index (Phi) is 5.51. The fraction of sp³-hybridized carbons (Fsp3) is 0.263. The van der Waals surface area contributed by atoms with Gasteiger partial charge in [0.1, 0.15) is 5.75 Å². The van der Waals surface area contributed by atoms with Crippen molar-refractivity contribution in [3.63, 3.8) is 0 Å². The maximum Gasteiger partial charge on any atom is 0.273 e. The number of phenolic OH excluding ortho intramolecular Hbond substituents is 1. The molecule has 2 aromatic heterocycles. The van der Waals surface area contributed by atoms with Crippen molar-refractivity contribution < 1.29 is 14.7 Å². The van der Waals surface area contributed by atoms with Gasteiger partial charge in [0.25, 0.3) is 5.91 Å². The molecule has 2 amide bonds. The van der Waals surface area contributed by atoms with Crippen molar-refractivity contribution in [1.29, 1.82) is 0 Å². The van der Waals surface area contributed by atoms with E-state index in [1.165, 1.54) is 18.2 Å². The molecule has 0 saturated heterocycles. The molecule has 0 aliphatic heterocycles. The number of halogens is 1. The fourth-order valence-electron chi connectivity index (χ4n) is 2.99. The number of nitrogens with one attached hydrogen (secondary N) is 2. The average molecular weight is 402 g/mol. The Labute approximate surface area is 166 Å². The van der Waals surface area contributed by atoms with Crippen LogP contribution in [0.4, 0.5) is 0 Å². The molecular weight excluding hydrogens is 382 g/mol. The van der Waals surface area contributed by atoms with Crippen LogP contribution in [0.1, 0.15) is 39.4 Å². The molecule has 3 aromatic rings. The Hall–Kier alpha value is -3.13. The maximum atomic E-state index is 12.1. The monoisotopic (exact) mass is 401 g/mol. The van der Waals surface area contributed by atoms with Gasteiger partial charge in [0, 0.05) is 28.9 Å². The summed E-state index contributed by atoms with van der Waals surface area (Å²) in [6.45, 7) is 5.73. The van der Waals surface area contributed by atoms with E-state index in [0.717, 1.165) is 28.3 Å². The number of fused-ring (bicyclic) bond motifs is 1. The van der Waals surface area contributed by atoms with Gasteiger partial charge in [-0.1, -0.05) is 11.6 Å². The van der Waals surface area contributed by atoms with Crippen molar-refractivity contribution in [3.05, 3.63) is 57.5 Å². The van der Waals surface area contributed by atoms with Crippen LogP contribution < -0.4 is 10.9 Å². The molecule has 0 aliphatic carbocycles. The first-order chi connectivity index (χ1) is 13.3. The zero-order valence-corrected chi connectivity index (χ0v) is 16.5. The van der Waals surface area contributed by atoms with E-state index in [0.29, 0.717) is 11.4 Å². The number of carbonyl (C=O) groups excluding carboxylic acids is 2. The third-order valence-corrected chi connectivity index (χ3v) is 4.64. The number of rotatable bonds is 4. The first-order valence-corrected chi connectivity index (χ1v) is 9.04. The van der Waals surface area contributed by atoms with Crippen molar-refractivity contribution in [2.24, 2.45) is 0 Å². The van der Waals surface area contributed by atoms with Crippen LogP contribution in [0.2, 0.25) is 5.02 Å². The number of hydrogen-bond acceptors (Lipinski definition) is 5. The van der Waals surface area contributed by atoms with Gasteiger partial charge in [-0.25, -0.2) is 9.50 Å². The van der Waals surface area contributed by atoms with Crippen LogP contribution in [-0.4, -0.2) is 31.5 Å². The molecule has 0 fully saturated rings. The van der Waals surface area contributed by atoms with Crippen molar-refractivity contribution in [2.45, 2.75) is 33.6 Å². The largest absolute Gasteiger partial charge is 0.507 e. The summed E-state index contributed by atoms with van der Waals surface area (Å²) in [4.78, 5) is 28.8. The number of aromatic hydroxyl groups is 1. The standard InChI is InChI=1S/C19H20ClN5O3/c1-10-8-17-21-11(2)14(12(3)25(17)24-10)5-7-18(27)22-23-19(28)15-9-13(20)4-6-16(15)26/h4,6,8-9,26H,5,7H2,1-3H3,(H,22,27)(H,23,28). The zero-order chi connectivity index (χ0) is 20.4. The van der Waals surface area contributed by atoms with Crippen LogP contribution in [0.3, 0.4) is 0 Å². The van der Waals surface area contributed by atoms with Gasteiger partial charge in [0.05, 0.1) is 11.3 Å². The molecular formula is C19H20ClN5O3. The molecule has 3 N–H and O–H groups in total. The number of aryl methyl sites for hydroxylation is 3. The van der Waals surface area contributed by atoms with E-state index in [1.54, 1.807) is 4.52 Å². The number of hydrogen-bond donors (Lipinski definition) is 3. The first kappa shape index (κ1) is 19.6. The van der Waals surface area contributed by atoms with Crippen molar-refractivity contribution in [1.82, 2.24) is 25.4 Å². The second-order valence-electron chi connectivity index (χ2n) is 6.48. The number of aromatic nitrogens is 3. The molecule has 8 nitrogen and oxygen atoms in total. The minimum atomic E-state index is -0.657. The minimum Gasteiger partial charge on any atom is -0.507 e. The van der Waals surface area contributed by atoms with Gasteiger partial charge in [0.15, 0.2) is 5.65 Å². The van der Waals surface area contributed by atoms with Gasteiger partial charge >= 0.3 is 0 Å². The second-order valence-corrected chi connectivity index (χ2v) is 6.92. The number of hydrazine groups is 1. The molecule has 0 aliphatic rings. The Morgan fingerprint density at radius 3 is 2.68 bits per heavy atom. The average Bonchev–Trinajstić information content (AvgIpc) is 3.01. The summed E-state index contributed by atoms with van der Waals surface area (Å²) in [7, 11) is 0. The third-order valence-electron chi connectivity index (χ3n) is 4.41. The van der Waals surface area contributed by atoms with Gasteiger partial charge in [-0.15, -0.1) is 0 Å². The lowest BCUT2D eigenvalue weighted by Gasteiger charge is -2.12. The molecule has 0 bridgehead atoms. The van der Waals surface area contributed by atoms with Crippen LogP contribution in [-0.2, 0) is 11.2 Å². The summed E-state index contributed by atoms with van der Waals surface area (Å²) in [5.41, 5.74) is 8.94. The van der Waals surface area contributed by atoms with E-state index in [-0.39, 0.29) is 23.6 Å². The zero-order valence-electron chi connectivity index (χ0n) is 15.7. The van der Waals surface area contributed by atoms with E-state index in [4.69, 9.17) is 11.6 Å². The Balaban J connectivity index is 1.62. The molecule has 3 rings (SSSR count). The molecule has 9 heteroatoms. The molecule has 28 heavy (non-hydrogen) atoms. The van der Waals surface area contributed by atoms with Crippen LogP contribution in [0.15, 0.2) is 24.3 Å². The number of nitrogens with zero attached hydrogens (tertiary/aromatic N) is 3. The lowest BCUT2D eigenvalue weighted by Crippen LogP contribution is -2.41. The molecule has 0 unspecified atom stereocenters. The number of carbonyl (C=O) groups is 2. The topological polar surface area (TPSA) is 109 Å². The number of amides is 2. The molecule has 0 atom stereocenters. The number of phenols is 1. The van der Waals surface area contributed by atoms with Gasteiger partial charge in [0.2, 0.25) is 5.91 Å². The maximum absolute atomic E-state index is 12.1. The Morgan fingerprint density at radius 1 is 1.18 bits per heavy atom. The summed E-state index contributed by atoms with van der Waals surface area (Å²) in [6, 6.07) is 5.99. The molecule has 2 heterocycles. The minimum absolute atomic E-state index is 0.0248. The van der Waals surface area contributed by atoms with Gasteiger partial charge in [-0.05, 0) is 51.0 Å². The van der Waals surface area contributed by atoms with Crippen LogP contribution in [0.25, 0.3) is 5.65 Å². The molecule has 1 aromatic carbocycles. The Morgan fingerprint density at radius 2 is 1.93 bits per heavy atom. The highest BCUT2D eigenvalue weighted by Crippen LogP contribution is 2.21. The summed E-state index contributed by atoms with van der Waals surface area (Å²) in [6.07, 6.45) is 0.598. The van der Waals surface area contributed by atoms with Crippen LogP contribution >= 0.6 is 11.6 Å². The van der Waals surface area contributed by atoms with Gasteiger partial charge in [-0.2, -0.15) is 5.10 Å². The molecule has 0 radical (unpaired) electrons. The smallest absolute Gasteiger partial charge is 0.273 e. The predicted molar refractivity (Wildman–Crippen MR) is 104 cm³/mol. The Bertz CT molecular complexity index is 1080. The van der Waals surface area contributed by atoms with Crippen molar-refractivity contribution in [2.75, 3.05) is 0 Å². The van der Waals surface area contributed by atoms with Crippen molar-refractivity contribution in [3.8, 4) is 5.75 Å². The van der Waals surface area contributed by atoms with E-state index < -0.39 is 5.91 Å². The molecule has 146 valence electrons. The number of benzene rings is 1. The van der Waals surface area contributed by atoms with E-state index in [9.17, 15) is 14.7 Å². The van der Waals surface area contributed by atoms with Crippen molar-refractivity contribution >= 4 is 29.1 Å². The predicted octanol–water partition coefficient (Wildman–Crippen LogP) is 2.41. The van der Waals surface area contributed by atoms with Gasteiger partial charge in [-0.3, -0.25) is 20.4 Å². The SMILES string of the molecule is Cc1cc2nc(C)c(CCC(=O)NNC(=O)c3cc(Cl)ccc3O)c(C)n2n1.